The van der Waals surface area contributed by atoms with Gasteiger partial charge in [-0.2, -0.15) is 0 Å². The first-order chi connectivity index (χ1) is 13.9. The van der Waals surface area contributed by atoms with Gasteiger partial charge in [0.05, 0.1) is 30.6 Å². The summed E-state index contributed by atoms with van der Waals surface area (Å²) in [5.41, 5.74) is 3.42. The van der Waals surface area contributed by atoms with Gasteiger partial charge in [0.25, 0.3) is 5.56 Å². The highest BCUT2D eigenvalue weighted by molar-refractivity contribution is 6.30. The Labute approximate surface area is 175 Å². The lowest BCUT2D eigenvalue weighted by Crippen LogP contribution is -2.23. The molecule has 0 radical (unpaired) electrons. The number of rotatable bonds is 7. The molecule has 1 heterocycles. The van der Waals surface area contributed by atoms with E-state index in [2.05, 4.69) is 10.00 Å². The summed E-state index contributed by atoms with van der Waals surface area (Å²) in [5, 5.41) is 3.79. The molecule has 2 aromatic carbocycles. The average molecular weight is 413 g/mol. The van der Waals surface area contributed by atoms with Crippen LogP contribution in [0.2, 0.25) is 5.02 Å². The molecule has 0 atom stereocenters. The molecule has 0 saturated carbocycles. The van der Waals surface area contributed by atoms with E-state index < -0.39 is 0 Å². The number of hydrogen-bond donors (Lipinski definition) is 1. The topological polar surface area (TPSA) is 62.6 Å². The molecule has 6 nitrogen and oxygen atoms in total. The third-order valence-electron chi connectivity index (χ3n) is 4.57. The lowest BCUT2D eigenvalue weighted by Gasteiger charge is -2.10. The number of aryl methyl sites for hydroxylation is 1. The summed E-state index contributed by atoms with van der Waals surface area (Å²) in [6, 6.07) is 14.7. The zero-order chi connectivity index (χ0) is 21.0. The second-order valence-electron chi connectivity index (χ2n) is 6.99. The van der Waals surface area contributed by atoms with Crippen molar-refractivity contribution in [3.8, 4) is 11.4 Å². The highest BCUT2D eigenvalue weighted by Crippen LogP contribution is 2.18. The number of H-pyrrole nitrogens is 1. The number of nitrogens with one attached hydrogen (secondary N) is 1. The normalized spacial score (nSPS) is 11.9. The van der Waals surface area contributed by atoms with Gasteiger partial charge in [0, 0.05) is 22.8 Å². The van der Waals surface area contributed by atoms with Crippen LogP contribution in [0.15, 0.2) is 58.3 Å². The first kappa shape index (κ1) is 20.9. The average Bonchev–Trinajstić information content (AvgIpc) is 3.00. The summed E-state index contributed by atoms with van der Waals surface area (Å²) < 4.78 is 6.78. The summed E-state index contributed by atoms with van der Waals surface area (Å²) >= 11 is 5.98. The molecule has 0 unspecified atom stereocenters. The largest absolute Gasteiger partial charge is 0.497 e. The molecule has 0 aliphatic heterocycles. The van der Waals surface area contributed by atoms with Crippen molar-refractivity contribution in [2.24, 2.45) is 4.99 Å². The van der Waals surface area contributed by atoms with Gasteiger partial charge in [-0.3, -0.25) is 14.9 Å². The van der Waals surface area contributed by atoms with Crippen molar-refractivity contribution >= 4 is 17.3 Å². The van der Waals surface area contributed by atoms with Gasteiger partial charge in [0.15, 0.2) is 0 Å². The van der Waals surface area contributed by atoms with Crippen LogP contribution in [0.5, 0.6) is 5.75 Å². The van der Waals surface area contributed by atoms with Gasteiger partial charge in [-0.1, -0.05) is 11.6 Å². The van der Waals surface area contributed by atoms with Crippen LogP contribution in [0.3, 0.4) is 0 Å². The van der Waals surface area contributed by atoms with Gasteiger partial charge in [-0.25, -0.2) is 4.68 Å². The summed E-state index contributed by atoms with van der Waals surface area (Å²) in [4.78, 5) is 20.1. The molecule has 1 N–H and O–H groups in total. The predicted molar refractivity (Wildman–Crippen MR) is 118 cm³/mol. The van der Waals surface area contributed by atoms with Crippen molar-refractivity contribution in [2.75, 3.05) is 34.3 Å². The standard InChI is InChI=1S/C22H25ClN4O2/c1-15-20(22(28)27(25-15)18-9-7-17(23)8-10-18)21(24-13-14-26(2)3)16-5-11-19(29-4)12-6-16/h5-12,25H,13-14H2,1-4H3. The highest BCUT2D eigenvalue weighted by atomic mass is 35.5. The van der Waals surface area contributed by atoms with Crippen molar-refractivity contribution in [1.29, 1.82) is 0 Å². The maximum atomic E-state index is 13.3. The van der Waals surface area contributed by atoms with E-state index in [0.717, 1.165) is 29.2 Å². The first-order valence-electron chi connectivity index (χ1n) is 9.32. The van der Waals surface area contributed by atoms with Crippen LogP contribution < -0.4 is 10.3 Å². The van der Waals surface area contributed by atoms with Crippen LogP contribution in [0.1, 0.15) is 16.8 Å². The maximum Gasteiger partial charge on any atom is 0.280 e. The quantitative estimate of drug-likeness (QED) is 0.604. The Morgan fingerprint density at radius 2 is 1.79 bits per heavy atom. The lowest BCUT2D eigenvalue weighted by atomic mass is 10.0. The number of hydrogen-bond acceptors (Lipinski definition) is 4. The molecule has 0 fully saturated rings. The molecule has 1 aromatic heterocycles. The summed E-state index contributed by atoms with van der Waals surface area (Å²) in [5.74, 6) is 0.755. The van der Waals surface area contributed by atoms with E-state index in [9.17, 15) is 4.79 Å². The number of aliphatic imine (C=N–C) groups is 1. The Balaban J connectivity index is 2.09. The monoisotopic (exact) mass is 412 g/mol. The zero-order valence-electron chi connectivity index (χ0n) is 17.1. The predicted octanol–water partition coefficient (Wildman–Crippen LogP) is 3.54. The van der Waals surface area contributed by atoms with Crippen LogP contribution in [-0.4, -0.2) is 54.7 Å². The van der Waals surface area contributed by atoms with Crippen LogP contribution in [0, 0.1) is 6.92 Å². The molecule has 29 heavy (non-hydrogen) atoms. The molecule has 0 amide bonds. The number of aromatic amines is 1. The molecular formula is C22H25ClN4O2. The third-order valence-corrected chi connectivity index (χ3v) is 4.83. The number of methoxy groups -OCH3 is 1. The molecule has 7 heteroatoms. The van der Waals surface area contributed by atoms with Gasteiger partial charge in [0.2, 0.25) is 0 Å². The number of aromatic nitrogens is 2. The van der Waals surface area contributed by atoms with Gasteiger partial charge in [-0.05, 0) is 69.6 Å². The van der Waals surface area contributed by atoms with Gasteiger partial charge in [0.1, 0.15) is 5.75 Å². The number of nitrogens with zero attached hydrogens (tertiary/aromatic N) is 3. The summed E-state index contributed by atoms with van der Waals surface area (Å²) in [6.07, 6.45) is 0. The van der Waals surface area contributed by atoms with Crippen molar-refractivity contribution in [1.82, 2.24) is 14.7 Å². The van der Waals surface area contributed by atoms with Crippen molar-refractivity contribution in [3.05, 3.63) is 80.7 Å². The molecule has 0 aliphatic carbocycles. The van der Waals surface area contributed by atoms with E-state index in [4.69, 9.17) is 21.3 Å². The minimum atomic E-state index is -0.149. The van der Waals surface area contributed by atoms with Crippen LogP contribution in [0.25, 0.3) is 5.69 Å². The molecule has 0 aliphatic rings. The lowest BCUT2D eigenvalue weighted by molar-refractivity contribution is 0.415. The van der Waals surface area contributed by atoms with E-state index in [0.29, 0.717) is 22.8 Å². The summed E-state index contributed by atoms with van der Waals surface area (Å²) in [6.45, 7) is 3.25. The van der Waals surface area contributed by atoms with Crippen LogP contribution in [-0.2, 0) is 0 Å². The van der Waals surface area contributed by atoms with Gasteiger partial charge < -0.3 is 9.64 Å². The van der Waals surface area contributed by atoms with E-state index in [1.54, 1.807) is 31.4 Å². The summed E-state index contributed by atoms with van der Waals surface area (Å²) in [7, 11) is 5.62. The van der Waals surface area contributed by atoms with Gasteiger partial charge >= 0.3 is 0 Å². The van der Waals surface area contributed by atoms with E-state index in [-0.39, 0.29) is 5.56 Å². The molecule has 0 bridgehead atoms. The van der Waals surface area contributed by atoms with Crippen molar-refractivity contribution < 1.29 is 4.74 Å². The highest BCUT2D eigenvalue weighted by Gasteiger charge is 2.19. The maximum absolute atomic E-state index is 13.3. The van der Waals surface area contributed by atoms with Crippen molar-refractivity contribution in [3.63, 3.8) is 0 Å². The van der Waals surface area contributed by atoms with E-state index in [1.807, 2.05) is 45.3 Å². The minimum absolute atomic E-state index is 0.149. The molecule has 152 valence electrons. The minimum Gasteiger partial charge on any atom is -0.497 e. The second-order valence-corrected chi connectivity index (χ2v) is 7.43. The molecule has 3 rings (SSSR count). The molecular weight excluding hydrogens is 388 g/mol. The SMILES string of the molecule is COc1ccc(C(=NCCN(C)C)c2c(C)[nH]n(-c3ccc(Cl)cc3)c2=O)cc1. The number of ether oxygens (including phenoxy) is 1. The van der Waals surface area contributed by atoms with E-state index >= 15 is 0 Å². The number of benzene rings is 2. The van der Waals surface area contributed by atoms with E-state index in [1.165, 1.54) is 4.68 Å². The molecule has 0 spiro atoms. The first-order valence-corrected chi connectivity index (χ1v) is 9.70. The van der Waals surface area contributed by atoms with Crippen LogP contribution in [0.4, 0.5) is 0 Å². The fourth-order valence-corrected chi connectivity index (χ4v) is 3.15. The number of halogens is 1. The molecule has 0 saturated heterocycles. The fraction of sp³-hybridized carbons (Fsp3) is 0.273. The smallest absolute Gasteiger partial charge is 0.280 e. The Morgan fingerprint density at radius 1 is 1.14 bits per heavy atom. The fourth-order valence-electron chi connectivity index (χ4n) is 3.02. The molecule has 3 aromatic rings. The second kappa shape index (κ2) is 9.11. The van der Waals surface area contributed by atoms with Crippen molar-refractivity contribution in [2.45, 2.75) is 6.92 Å². The Kier molecular flexibility index (Phi) is 6.56. The third kappa shape index (κ3) is 4.78. The van der Waals surface area contributed by atoms with Gasteiger partial charge in [-0.15, -0.1) is 0 Å². The Hall–Kier alpha value is -2.83. The van der Waals surface area contributed by atoms with Crippen LogP contribution >= 0.6 is 11.6 Å². The Bertz CT molecular complexity index is 1050. The number of likely N-dealkylation sites (N-methyl/N-ethyl adjacent to an activating group) is 1. The Morgan fingerprint density at radius 3 is 2.38 bits per heavy atom. The zero-order valence-corrected chi connectivity index (χ0v) is 17.8.